The first-order valence-corrected chi connectivity index (χ1v) is 7.58. The number of ether oxygens (including phenoxy) is 6. The summed E-state index contributed by atoms with van der Waals surface area (Å²) in [5.74, 6) is 0. The average molecular weight is 608 g/mol. The van der Waals surface area contributed by atoms with Crippen LogP contribution < -0.4 is 0 Å². The zero-order chi connectivity index (χ0) is 29.9. The molecule has 37 heavy (non-hydrogen) atoms. The number of nitrogens with zero attached hydrogens (tertiary/aromatic N) is 6. The van der Waals surface area contributed by atoms with Gasteiger partial charge in [0, 0.05) is 20.1 Å². The van der Waals surface area contributed by atoms with Crippen LogP contribution in [-0.2, 0) is 48.5 Å². The number of hydrogen-bond donors (Lipinski definition) is 0. The van der Waals surface area contributed by atoms with Gasteiger partial charge in [0.05, 0.1) is 42.7 Å². The van der Waals surface area contributed by atoms with Crippen LogP contribution in [0.1, 0.15) is 0 Å². The minimum atomic E-state index is -0.866. The van der Waals surface area contributed by atoms with Gasteiger partial charge in [-0.3, -0.25) is 28.8 Å². The SMILES string of the molecule is [C-]#[N+]C(=O)OC.[C-]#[N+]C(=O)OC.[C-]#[N+]C(=O)OC.[C-]#[N+]C(=O)OC.[C-]#[N+]C(=O)OC.[C-]#[N+]C(=O)OC.[Tc]. The Kier molecular flexibility index (Phi) is 58.2. The maximum Gasteiger partial charge on any atom is 0.561 e. The van der Waals surface area contributed by atoms with Gasteiger partial charge in [-0.25, -0.2) is 0 Å². The van der Waals surface area contributed by atoms with Gasteiger partial charge in [0.15, 0.2) is 0 Å². The van der Waals surface area contributed by atoms with E-state index >= 15 is 0 Å². The van der Waals surface area contributed by atoms with E-state index in [2.05, 4.69) is 57.5 Å². The number of hydrogen-bond acceptors (Lipinski definition) is 12. The molecule has 0 aromatic carbocycles. The summed E-state index contributed by atoms with van der Waals surface area (Å²) < 4.78 is 23.4. The number of carbonyl (C=O) groups is 6. The third kappa shape index (κ3) is 72.4. The van der Waals surface area contributed by atoms with E-state index in [0.717, 1.165) is 0 Å². The van der Waals surface area contributed by atoms with Gasteiger partial charge in [0.25, 0.3) is 0 Å². The molecular weight excluding hydrogens is 590 g/mol. The molecule has 0 aromatic rings. The van der Waals surface area contributed by atoms with E-state index < -0.39 is 36.6 Å². The Bertz CT molecular complexity index is 757. The Morgan fingerprint density at radius 2 is 0.432 bits per heavy atom. The van der Waals surface area contributed by atoms with Gasteiger partial charge < -0.3 is 28.4 Å². The molecule has 0 heterocycles. The van der Waals surface area contributed by atoms with Gasteiger partial charge >= 0.3 is 36.6 Å². The van der Waals surface area contributed by atoms with E-state index in [-0.39, 0.29) is 20.1 Å². The van der Waals surface area contributed by atoms with E-state index in [0.29, 0.717) is 0 Å². The molecule has 0 aliphatic rings. The first-order chi connectivity index (χ1) is 16.8. The summed E-state index contributed by atoms with van der Waals surface area (Å²) in [6.45, 7) is 35.8. The predicted molar refractivity (Wildman–Crippen MR) is 114 cm³/mol. The van der Waals surface area contributed by atoms with E-state index in [9.17, 15) is 28.8 Å². The smallest absolute Gasteiger partial charge is 0.488 e. The molecule has 0 rings (SSSR count). The molecule has 6 amide bonds. The summed E-state index contributed by atoms with van der Waals surface area (Å²) in [4.78, 5) is 72.0. The van der Waals surface area contributed by atoms with Crippen LogP contribution >= 0.6 is 0 Å². The van der Waals surface area contributed by atoms with Crippen molar-refractivity contribution in [2.45, 2.75) is 0 Å². The van der Waals surface area contributed by atoms with Gasteiger partial charge in [-0.1, -0.05) is 0 Å². The minimum absolute atomic E-state index is 0. The van der Waals surface area contributed by atoms with E-state index in [1.54, 1.807) is 0 Å². The molecule has 19 heteroatoms. The van der Waals surface area contributed by atoms with Gasteiger partial charge in [-0.15, -0.1) is 0 Å². The number of rotatable bonds is 0. The summed E-state index contributed by atoms with van der Waals surface area (Å²) in [7, 11) is 7.00. The number of amides is 6. The monoisotopic (exact) mass is 607 g/mol. The molecule has 0 aliphatic carbocycles. The average Bonchev–Trinajstić information content (AvgIpc) is 2.95. The predicted octanol–water partition coefficient (Wildman–Crippen LogP) is 4.03. The fraction of sp³-hybridized carbons (Fsp3) is 0.333. The maximum absolute atomic E-state index is 9.60. The van der Waals surface area contributed by atoms with Gasteiger partial charge in [-0.05, 0) is 0 Å². The molecule has 0 bridgehead atoms. The summed E-state index contributed by atoms with van der Waals surface area (Å²) in [6.07, 6.45) is -5.19. The van der Waals surface area contributed by atoms with Crippen LogP contribution in [0, 0.1) is 39.4 Å². The van der Waals surface area contributed by atoms with E-state index in [1.165, 1.54) is 42.7 Å². The van der Waals surface area contributed by atoms with Crippen LogP contribution in [0.15, 0.2) is 0 Å². The molecule has 0 spiro atoms. The van der Waals surface area contributed by atoms with Gasteiger partial charge in [0.1, 0.15) is 39.4 Å². The van der Waals surface area contributed by atoms with Gasteiger partial charge in [-0.2, -0.15) is 29.1 Å². The fourth-order valence-corrected chi connectivity index (χ4v) is 0.274. The second-order valence-electron chi connectivity index (χ2n) is 3.49. The summed E-state index contributed by atoms with van der Waals surface area (Å²) in [5.41, 5.74) is 0. The largest absolute Gasteiger partial charge is 0.561 e. The first kappa shape index (κ1) is 48.7. The minimum Gasteiger partial charge on any atom is -0.488 e. The summed E-state index contributed by atoms with van der Waals surface area (Å²) >= 11 is 0. The quantitative estimate of drug-likeness (QED) is 0.285. The van der Waals surface area contributed by atoms with Crippen LogP contribution in [0.25, 0.3) is 29.1 Å². The van der Waals surface area contributed by atoms with Crippen molar-refractivity contribution in [3.63, 3.8) is 0 Å². The Hall–Kier alpha value is -5.59. The Balaban J connectivity index is -0.0000000581. The van der Waals surface area contributed by atoms with Crippen molar-refractivity contribution in [2.75, 3.05) is 42.7 Å². The standard InChI is InChI=1S/6C3H3NO2.Tc/c6*1-4-3(5)6-2;/h6*2H3;. The molecule has 0 fully saturated rings. The molecule has 18 nitrogen and oxygen atoms in total. The van der Waals surface area contributed by atoms with Gasteiger partial charge in [0.2, 0.25) is 0 Å². The first-order valence-electron chi connectivity index (χ1n) is 7.58. The summed E-state index contributed by atoms with van der Waals surface area (Å²) in [6, 6.07) is 0. The topological polar surface area (TPSA) is 184 Å². The van der Waals surface area contributed by atoms with Crippen LogP contribution in [0.4, 0.5) is 28.8 Å². The molecule has 0 aromatic heterocycles. The van der Waals surface area contributed by atoms with Crippen molar-refractivity contribution in [3.8, 4) is 0 Å². The normalized spacial score (nSPS) is 5.84. The zero-order valence-electron chi connectivity index (χ0n) is 20.0. The second-order valence-corrected chi connectivity index (χ2v) is 3.49. The molecule has 0 saturated carbocycles. The molecule has 1 radical (unpaired) electrons. The molecule has 0 saturated heterocycles. The zero-order valence-corrected chi connectivity index (χ0v) is 21.8. The van der Waals surface area contributed by atoms with Crippen molar-refractivity contribution in [3.05, 3.63) is 68.5 Å². The molecule has 0 aliphatic heterocycles. The third-order valence-corrected chi connectivity index (χ3v) is 1.60. The third-order valence-electron chi connectivity index (χ3n) is 1.60. The van der Waals surface area contributed by atoms with E-state index in [4.69, 9.17) is 39.4 Å². The van der Waals surface area contributed by atoms with Crippen molar-refractivity contribution in [1.82, 2.24) is 0 Å². The molecule has 0 atom stereocenters. The van der Waals surface area contributed by atoms with Crippen LogP contribution in [0.2, 0.25) is 0 Å². The molecule has 0 unspecified atom stereocenters. The number of carbonyl (C=O) groups excluding carboxylic acids is 6. The Labute approximate surface area is 225 Å². The van der Waals surface area contributed by atoms with Crippen molar-refractivity contribution >= 4 is 36.6 Å². The van der Waals surface area contributed by atoms with Crippen LogP contribution in [0.5, 0.6) is 0 Å². The fourth-order valence-electron chi connectivity index (χ4n) is 0.274. The number of methoxy groups -OCH3 is 6. The van der Waals surface area contributed by atoms with Crippen molar-refractivity contribution < 1.29 is 77.3 Å². The Morgan fingerprint density at radius 1 is 0.351 bits per heavy atom. The van der Waals surface area contributed by atoms with E-state index in [1.807, 2.05) is 0 Å². The van der Waals surface area contributed by atoms with Crippen LogP contribution in [0.3, 0.4) is 0 Å². The molecular formula is C18H18N6O12Tc. The molecule has 199 valence electrons. The van der Waals surface area contributed by atoms with Crippen molar-refractivity contribution in [1.29, 1.82) is 0 Å². The van der Waals surface area contributed by atoms with Crippen molar-refractivity contribution in [2.24, 2.45) is 0 Å². The maximum atomic E-state index is 9.60. The second kappa shape index (κ2) is 44.1. The van der Waals surface area contributed by atoms with Crippen LogP contribution in [-0.4, -0.2) is 79.2 Å². The Morgan fingerprint density at radius 3 is 0.432 bits per heavy atom. The molecule has 0 N–H and O–H groups in total. The summed E-state index contributed by atoms with van der Waals surface area (Å²) in [5, 5.41) is 0.